The molecule has 0 radical (unpaired) electrons. The molecule has 2 fully saturated rings. The van der Waals surface area contributed by atoms with Crippen molar-refractivity contribution in [1.82, 2.24) is 9.97 Å². The number of hydrogen-bond acceptors (Lipinski definition) is 5. The zero-order valence-electron chi connectivity index (χ0n) is 19.1. The van der Waals surface area contributed by atoms with E-state index in [1.54, 1.807) is 12.1 Å². The predicted octanol–water partition coefficient (Wildman–Crippen LogP) is 5.29. The molecule has 2 N–H and O–H groups in total. The smallest absolute Gasteiger partial charge is 0.270 e. The minimum absolute atomic E-state index is 0.0116. The van der Waals surface area contributed by atoms with Gasteiger partial charge in [0.2, 0.25) is 5.82 Å². The van der Waals surface area contributed by atoms with Gasteiger partial charge in [0.15, 0.2) is 11.6 Å². The standard InChI is InChI=1S/C25H33F3N4O/c1-25(27,28)19-11-8-17(9-12-19)10-13-20-6-4-14-32(20)24-22(26)23(30-16-31-24)29-15-18-5-2-3-7-21(18)33/h8-9,11-12,16,18,20-21,33H,2-7,10,13-15H2,1H3,(H,29,30,31). The number of nitrogens with one attached hydrogen (secondary N) is 1. The average molecular weight is 463 g/mol. The summed E-state index contributed by atoms with van der Waals surface area (Å²) in [6, 6.07) is 6.59. The Hall–Kier alpha value is -2.35. The first-order valence-corrected chi connectivity index (χ1v) is 12.0. The van der Waals surface area contributed by atoms with E-state index in [1.165, 1.54) is 18.5 Å². The van der Waals surface area contributed by atoms with Crippen LogP contribution in [0.5, 0.6) is 0 Å². The molecule has 4 rings (SSSR count). The largest absolute Gasteiger partial charge is 0.393 e. The molecule has 1 saturated carbocycles. The van der Waals surface area contributed by atoms with Crippen molar-refractivity contribution >= 4 is 11.6 Å². The second-order valence-electron chi connectivity index (χ2n) is 9.47. The maximum atomic E-state index is 15.3. The molecule has 1 aliphatic carbocycles. The minimum Gasteiger partial charge on any atom is -0.393 e. The van der Waals surface area contributed by atoms with Gasteiger partial charge in [-0.25, -0.2) is 18.7 Å². The van der Waals surface area contributed by atoms with Crippen LogP contribution in [0, 0.1) is 11.7 Å². The number of benzene rings is 1. The number of halogens is 3. The molecule has 8 heteroatoms. The topological polar surface area (TPSA) is 61.3 Å². The van der Waals surface area contributed by atoms with Gasteiger partial charge in [-0.05, 0) is 44.1 Å². The fourth-order valence-corrected chi connectivity index (χ4v) is 5.05. The number of rotatable bonds is 8. The van der Waals surface area contributed by atoms with Crippen molar-refractivity contribution in [2.24, 2.45) is 5.92 Å². The molecular weight excluding hydrogens is 429 g/mol. The van der Waals surface area contributed by atoms with E-state index in [2.05, 4.69) is 15.3 Å². The molecule has 0 amide bonds. The third kappa shape index (κ3) is 5.78. The van der Waals surface area contributed by atoms with Gasteiger partial charge in [-0.1, -0.05) is 37.1 Å². The number of nitrogens with zero attached hydrogens (tertiary/aromatic N) is 3. The number of hydrogen-bond donors (Lipinski definition) is 2. The second-order valence-corrected chi connectivity index (χ2v) is 9.47. The van der Waals surface area contributed by atoms with Gasteiger partial charge in [0, 0.05) is 37.5 Å². The van der Waals surface area contributed by atoms with E-state index in [-0.39, 0.29) is 29.4 Å². The van der Waals surface area contributed by atoms with Gasteiger partial charge in [-0.15, -0.1) is 0 Å². The van der Waals surface area contributed by atoms with E-state index in [4.69, 9.17) is 0 Å². The Labute approximate surface area is 193 Å². The molecule has 1 aliphatic heterocycles. The maximum absolute atomic E-state index is 15.3. The number of aliphatic hydroxyl groups is 1. The normalized spacial score (nSPS) is 23.7. The molecule has 2 aromatic rings. The summed E-state index contributed by atoms with van der Waals surface area (Å²) in [4.78, 5) is 10.3. The van der Waals surface area contributed by atoms with Crippen LogP contribution in [0.3, 0.4) is 0 Å². The van der Waals surface area contributed by atoms with Crippen LogP contribution in [-0.2, 0) is 12.3 Å². The second kappa shape index (κ2) is 10.3. The van der Waals surface area contributed by atoms with Gasteiger partial charge < -0.3 is 15.3 Å². The SMILES string of the molecule is CC(F)(F)c1ccc(CCC2CCCN2c2ncnc(NCC3CCCCC3O)c2F)cc1. The average Bonchev–Trinajstić information content (AvgIpc) is 3.26. The van der Waals surface area contributed by atoms with Crippen molar-refractivity contribution < 1.29 is 18.3 Å². The first kappa shape index (κ1) is 23.8. The Bertz CT molecular complexity index is 919. The molecule has 3 unspecified atom stereocenters. The van der Waals surface area contributed by atoms with Crippen LogP contribution in [0.1, 0.15) is 63.0 Å². The summed E-state index contributed by atoms with van der Waals surface area (Å²) in [5.74, 6) is -2.70. The van der Waals surface area contributed by atoms with Crippen LogP contribution in [-0.4, -0.2) is 40.3 Å². The molecule has 0 bridgehead atoms. The monoisotopic (exact) mass is 462 g/mol. The lowest BCUT2D eigenvalue weighted by molar-refractivity contribution is 0.0174. The maximum Gasteiger partial charge on any atom is 0.270 e. The zero-order chi connectivity index (χ0) is 23.4. The summed E-state index contributed by atoms with van der Waals surface area (Å²) in [5.41, 5.74) is 1.00. The third-order valence-corrected chi connectivity index (χ3v) is 7.05. The lowest BCUT2D eigenvalue weighted by atomic mass is 9.86. The fourth-order valence-electron chi connectivity index (χ4n) is 5.05. The molecule has 0 spiro atoms. The van der Waals surface area contributed by atoms with E-state index >= 15 is 4.39 Å². The summed E-state index contributed by atoms with van der Waals surface area (Å²) in [6.45, 7) is 2.11. The Morgan fingerprint density at radius 3 is 2.58 bits per heavy atom. The Morgan fingerprint density at radius 1 is 1.09 bits per heavy atom. The molecule has 2 heterocycles. The summed E-state index contributed by atoms with van der Waals surface area (Å²) in [5, 5.41) is 13.3. The van der Waals surface area contributed by atoms with Crippen LogP contribution >= 0.6 is 0 Å². The minimum atomic E-state index is -2.84. The van der Waals surface area contributed by atoms with Gasteiger partial charge in [-0.3, -0.25) is 0 Å². The van der Waals surface area contributed by atoms with Gasteiger partial charge in [-0.2, -0.15) is 4.39 Å². The van der Waals surface area contributed by atoms with Crippen LogP contribution < -0.4 is 10.2 Å². The Balaban J connectivity index is 1.39. The first-order valence-electron chi connectivity index (χ1n) is 12.0. The Morgan fingerprint density at radius 2 is 1.85 bits per heavy atom. The van der Waals surface area contributed by atoms with E-state index in [0.29, 0.717) is 12.4 Å². The van der Waals surface area contributed by atoms with Crippen molar-refractivity contribution in [2.75, 3.05) is 23.3 Å². The zero-order valence-corrected chi connectivity index (χ0v) is 19.1. The van der Waals surface area contributed by atoms with E-state index in [9.17, 15) is 13.9 Å². The van der Waals surface area contributed by atoms with Crippen LogP contribution in [0.25, 0.3) is 0 Å². The first-order chi connectivity index (χ1) is 15.8. The molecule has 1 aromatic carbocycles. The third-order valence-electron chi connectivity index (χ3n) is 7.05. The van der Waals surface area contributed by atoms with Gasteiger partial charge >= 0.3 is 0 Å². The van der Waals surface area contributed by atoms with Crippen molar-refractivity contribution in [2.45, 2.75) is 76.4 Å². The number of aliphatic hydroxyl groups excluding tert-OH is 1. The highest BCUT2D eigenvalue weighted by Gasteiger charge is 2.30. The van der Waals surface area contributed by atoms with Crippen molar-refractivity contribution in [3.63, 3.8) is 0 Å². The summed E-state index contributed by atoms with van der Waals surface area (Å²) >= 11 is 0. The number of aromatic nitrogens is 2. The summed E-state index contributed by atoms with van der Waals surface area (Å²) < 4.78 is 42.2. The highest BCUT2D eigenvalue weighted by atomic mass is 19.3. The van der Waals surface area contributed by atoms with Gasteiger partial charge in [0.1, 0.15) is 6.33 Å². The quantitative estimate of drug-likeness (QED) is 0.558. The highest BCUT2D eigenvalue weighted by molar-refractivity contribution is 5.52. The van der Waals surface area contributed by atoms with E-state index < -0.39 is 11.7 Å². The van der Waals surface area contributed by atoms with Crippen molar-refractivity contribution in [3.8, 4) is 0 Å². The molecule has 5 nitrogen and oxygen atoms in total. The van der Waals surface area contributed by atoms with Crippen molar-refractivity contribution in [3.05, 3.63) is 47.5 Å². The molecule has 180 valence electrons. The van der Waals surface area contributed by atoms with Gasteiger partial charge in [0.25, 0.3) is 5.92 Å². The highest BCUT2D eigenvalue weighted by Crippen LogP contribution is 2.32. The van der Waals surface area contributed by atoms with E-state index in [1.807, 2.05) is 4.90 Å². The van der Waals surface area contributed by atoms with Crippen LogP contribution in [0.15, 0.2) is 30.6 Å². The van der Waals surface area contributed by atoms with Crippen molar-refractivity contribution in [1.29, 1.82) is 0 Å². The summed E-state index contributed by atoms with van der Waals surface area (Å²) in [6.07, 6.45) is 8.29. The summed E-state index contributed by atoms with van der Waals surface area (Å²) in [7, 11) is 0. The lowest BCUT2D eigenvalue weighted by Gasteiger charge is -2.29. The molecule has 2 aliphatic rings. The van der Waals surface area contributed by atoms with Crippen LogP contribution in [0.2, 0.25) is 0 Å². The molecule has 1 saturated heterocycles. The van der Waals surface area contributed by atoms with Crippen LogP contribution in [0.4, 0.5) is 24.8 Å². The molecular formula is C25H33F3N4O. The predicted molar refractivity (Wildman–Crippen MR) is 123 cm³/mol. The molecule has 1 aromatic heterocycles. The number of anilines is 2. The Kier molecular flexibility index (Phi) is 7.41. The number of aryl methyl sites for hydroxylation is 1. The lowest BCUT2D eigenvalue weighted by Crippen LogP contribution is -2.32. The van der Waals surface area contributed by atoms with E-state index in [0.717, 1.165) is 70.4 Å². The molecule has 33 heavy (non-hydrogen) atoms. The van der Waals surface area contributed by atoms with Gasteiger partial charge in [0.05, 0.1) is 6.10 Å². The number of alkyl halides is 2. The molecule has 3 atom stereocenters. The fraction of sp³-hybridized carbons (Fsp3) is 0.600.